The second-order valence-corrected chi connectivity index (χ2v) is 4.48. The quantitative estimate of drug-likeness (QED) is 0.538. The molecule has 2 N–H and O–H groups in total. The van der Waals surface area contributed by atoms with Gasteiger partial charge < -0.3 is 15.2 Å². The van der Waals surface area contributed by atoms with Crippen LogP contribution < -0.4 is 5.73 Å². The lowest BCUT2D eigenvalue weighted by Crippen LogP contribution is -2.17. The first-order valence-corrected chi connectivity index (χ1v) is 7.11. The average Bonchev–Trinajstić information content (AvgIpc) is 2.80. The maximum atomic E-state index is 11.6. The fourth-order valence-electron chi connectivity index (χ4n) is 1.66. The number of nitrogens with zero attached hydrogens (tertiary/aromatic N) is 3. The molecule has 0 bridgehead atoms. The van der Waals surface area contributed by atoms with E-state index in [1.165, 1.54) is 0 Å². The van der Waals surface area contributed by atoms with Crippen molar-refractivity contribution in [1.82, 2.24) is 15.0 Å². The van der Waals surface area contributed by atoms with E-state index in [2.05, 4.69) is 17.2 Å². The van der Waals surface area contributed by atoms with E-state index in [4.69, 9.17) is 15.2 Å². The Morgan fingerprint density at radius 1 is 1.19 bits per heavy atom. The van der Waals surface area contributed by atoms with Gasteiger partial charge in [-0.05, 0) is 13.3 Å². The number of rotatable bonds is 9. The Morgan fingerprint density at radius 2 is 1.95 bits per heavy atom. The van der Waals surface area contributed by atoms with E-state index in [1.807, 2.05) is 0 Å². The summed E-state index contributed by atoms with van der Waals surface area (Å²) in [5, 5.41) is 7.27. The van der Waals surface area contributed by atoms with Crippen molar-refractivity contribution in [2.45, 2.75) is 46.1 Å². The highest BCUT2D eigenvalue weighted by Crippen LogP contribution is 2.09. The molecule has 0 atom stereocenters. The summed E-state index contributed by atoms with van der Waals surface area (Å²) in [6.07, 6.45) is 4.11. The Hall–Kier alpha value is -2.12. The van der Waals surface area contributed by atoms with Crippen LogP contribution in [0.5, 0.6) is 0 Å². The van der Waals surface area contributed by atoms with Gasteiger partial charge in [0.15, 0.2) is 5.82 Å². The summed E-state index contributed by atoms with van der Waals surface area (Å²) in [5.74, 6) is -1.12. The van der Waals surface area contributed by atoms with E-state index in [1.54, 1.807) is 6.92 Å². The van der Waals surface area contributed by atoms with Crippen molar-refractivity contribution in [3.63, 3.8) is 0 Å². The molecule has 0 amide bonds. The highest BCUT2D eigenvalue weighted by atomic mass is 16.5. The molecule has 0 aliphatic rings. The van der Waals surface area contributed by atoms with Crippen molar-refractivity contribution in [2.24, 2.45) is 0 Å². The monoisotopic (exact) mass is 298 g/mol. The van der Waals surface area contributed by atoms with Gasteiger partial charge in [-0.2, -0.15) is 0 Å². The average molecular weight is 298 g/mol. The fraction of sp³-hybridized carbons (Fsp3) is 0.692. The molecule has 1 rings (SSSR count). The van der Waals surface area contributed by atoms with Gasteiger partial charge in [0.25, 0.3) is 0 Å². The second-order valence-electron chi connectivity index (χ2n) is 4.48. The normalized spacial score (nSPS) is 10.4. The second kappa shape index (κ2) is 8.93. The van der Waals surface area contributed by atoms with Gasteiger partial charge in [-0.3, -0.25) is 4.79 Å². The highest BCUT2D eigenvalue weighted by Gasteiger charge is 2.20. The minimum absolute atomic E-state index is 0.00335. The van der Waals surface area contributed by atoms with Crippen molar-refractivity contribution >= 4 is 17.8 Å². The van der Waals surface area contributed by atoms with E-state index < -0.39 is 11.9 Å². The maximum Gasteiger partial charge on any atom is 0.362 e. The molecule has 8 nitrogen and oxygen atoms in total. The topological polar surface area (TPSA) is 109 Å². The fourth-order valence-corrected chi connectivity index (χ4v) is 1.66. The molecule has 8 heteroatoms. The van der Waals surface area contributed by atoms with Crippen molar-refractivity contribution in [3.05, 3.63) is 5.69 Å². The van der Waals surface area contributed by atoms with E-state index in [9.17, 15) is 9.59 Å². The summed E-state index contributed by atoms with van der Waals surface area (Å²) in [6.45, 7) is 4.20. The number of nitrogen functional groups attached to an aromatic ring is 1. The van der Waals surface area contributed by atoms with Crippen LogP contribution in [0.3, 0.4) is 0 Å². The number of anilines is 1. The summed E-state index contributed by atoms with van der Waals surface area (Å²) in [6, 6.07) is 0. The van der Waals surface area contributed by atoms with E-state index in [-0.39, 0.29) is 24.7 Å². The van der Waals surface area contributed by atoms with Gasteiger partial charge in [0, 0.05) is 0 Å². The molecule has 21 heavy (non-hydrogen) atoms. The van der Waals surface area contributed by atoms with Crippen LogP contribution in [-0.4, -0.2) is 40.1 Å². The van der Waals surface area contributed by atoms with Crippen LogP contribution in [0.15, 0.2) is 0 Å². The molecule has 118 valence electrons. The molecule has 0 saturated carbocycles. The number of carbonyl (C=O) groups excluding carboxylic acids is 2. The number of hydrogen-bond donors (Lipinski definition) is 1. The number of hydrogen-bond acceptors (Lipinski definition) is 7. The molecule has 1 heterocycles. The number of ether oxygens (including phenoxy) is 2. The first-order chi connectivity index (χ1) is 10.1. The van der Waals surface area contributed by atoms with Gasteiger partial charge in [0.05, 0.1) is 13.2 Å². The van der Waals surface area contributed by atoms with E-state index in [0.29, 0.717) is 6.61 Å². The third-order valence-corrected chi connectivity index (χ3v) is 2.78. The molecule has 0 radical (unpaired) electrons. The summed E-state index contributed by atoms with van der Waals surface area (Å²) in [4.78, 5) is 23.1. The van der Waals surface area contributed by atoms with Crippen LogP contribution in [0.4, 0.5) is 5.82 Å². The molecular weight excluding hydrogens is 276 g/mol. The zero-order valence-electron chi connectivity index (χ0n) is 12.5. The molecule has 0 aliphatic heterocycles. The van der Waals surface area contributed by atoms with Crippen LogP contribution >= 0.6 is 0 Å². The lowest BCUT2D eigenvalue weighted by molar-refractivity contribution is -0.144. The number of unbranched alkanes of at least 4 members (excludes halogenated alkanes) is 3. The van der Waals surface area contributed by atoms with Crippen molar-refractivity contribution in [1.29, 1.82) is 0 Å². The first-order valence-electron chi connectivity index (χ1n) is 7.11. The van der Waals surface area contributed by atoms with Crippen molar-refractivity contribution in [2.75, 3.05) is 18.9 Å². The smallest absolute Gasteiger partial charge is 0.362 e. The number of nitrogens with two attached hydrogens (primary N) is 1. The van der Waals surface area contributed by atoms with Gasteiger partial charge in [-0.25, -0.2) is 9.48 Å². The number of aromatic nitrogens is 3. The number of esters is 2. The first kappa shape index (κ1) is 16.9. The molecule has 0 unspecified atom stereocenters. The zero-order valence-corrected chi connectivity index (χ0v) is 12.5. The SMILES string of the molecule is CCCCCCOC(=O)Cn1nnc(C(=O)OCC)c1N. The van der Waals surface area contributed by atoms with Gasteiger partial charge in [0.2, 0.25) is 5.69 Å². The zero-order chi connectivity index (χ0) is 15.7. The summed E-state index contributed by atoms with van der Waals surface area (Å²) < 4.78 is 11.0. The van der Waals surface area contributed by atoms with Crippen LogP contribution in [0.25, 0.3) is 0 Å². The molecular formula is C13H22N4O4. The Balaban J connectivity index is 2.44. The number of carbonyl (C=O) groups is 2. The maximum absolute atomic E-state index is 11.6. The van der Waals surface area contributed by atoms with Crippen LogP contribution in [0.2, 0.25) is 0 Å². The molecule has 1 aromatic rings. The van der Waals surface area contributed by atoms with Crippen LogP contribution in [-0.2, 0) is 20.8 Å². The molecule has 0 saturated heterocycles. The van der Waals surface area contributed by atoms with Gasteiger partial charge >= 0.3 is 11.9 Å². The standard InChI is InChI=1S/C13H22N4O4/c1-3-5-6-7-8-21-10(18)9-17-12(14)11(15-16-17)13(19)20-4-2/h3-9,14H2,1-2H3. The third-order valence-electron chi connectivity index (χ3n) is 2.78. The highest BCUT2D eigenvalue weighted by molar-refractivity contribution is 5.92. The van der Waals surface area contributed by atoms with Crippen LogP contribution in [0.1, 0.15) is 50.0 Å². The van der Waals surface area contributed by atoms with E-state index in [0.717, 1.165) is 30.4 Å². The van der Waals surface area contributed by atoms with E-state index >= 15 is 0 Å². The van der Waals surface area contributed by atoms with Crippen molar-refractivity contribution in [3.8, 4) is 0 Å². The lowest BCUT2D eigenvalue weighted by atomic mass is 10.2. The predicted octanol–water partition coefficient (Wildman–Crippen LogP) is 1.16. The Labute approximate surface area is 123 Å². The molecule has 0 spiro atoms. The molecule has 0 fully saturated rings. The predicted molar refractivity (Wildman–Crippen MR) is 75.5 cm³/mol. The lowest BCUT2D eigenvalue weighted by Gasteiger charge is -2.05. The summed E-state index contributed by atoms with van der Waals surface area (Å²) in [5.41, 5.74) is 5.62. The van der Waals surface area contributed by atoms with Gasteiger partial charge in [0.1, 0.15) is 6.54 Å². The largest absolute Gasteiger partial charge is 0.464 e. The Kier molecular flexibility index (Phi) is 7.20. The minimum atomic E-state index is -0.658. The Morgan fingerprint density at radius 3 is 2.62 bits per heavy atom. The molecule has 1 aromatic heterocycles. The Bertz CT molecular complexity index is 473. The summed E-state index contributed by atoms with van der Waals surface area (Å²) in [7, 11) is 0. The van der Waals surface area contributed by atoms with Crippen LogP contribution in [0, 0.1) is 0 Å². The van der Waals surface area contributed by atoms with Gasteiger partial charge in [-0.1, -0.05) is 31.4 Å². The summed E-state index contributed by atoms with van der Waals surface area (Å²) >= 11 is 0. The third kappa shape index (κ3) is 5.41. The molecule has 0 aliphatic carbocycles. The van der Waals surface area contributed by atoms with Gasteiger partial charge in [-0.15, -0.1) is 5.10 Å². The molecule has 0 aromatic carbocycles. The minimum Gasteiger partial charge on any atom is -0.464 e. The van der Waals surface area contributed by atoms with Crippen molar-refractivity contribution < 1.29 is 19.1 Å².